The molecule has 3 aliphatic rings. The summed E-state index contributed by atoms with van der Waals surface area (Å²) in [7, 11) is 0. The van der Waals surface area contributed by atoms with E-state index in [1.807, 2.05) is 0 Å². The fourth-order valence-corrected chi connectivity index (χ4v) is 10.9. The lowest BCUT2D eigenvalue weighted by Crippen LogP contribution is -2.61. The van der Waals surface area contributed by atoms with E-state index in [-0.39, 0.29) is 39.6 Å². The second-order valence-electron chi connectivity index (χ2n) is 23.6. The van der Waals surface area contributed by atoms with Crippen LogP contribution in [0.15, 0.2) is 114 Å². The van der Waals surface area contributed by atoms with Gasteiger partial charge in [-0.05, 0) is 146 Å². The Morgan fingerprint density at radius 1 is 0.547 bits per heavy atom. The molecule has 3 heterocycles. The first-order chi connectivity index (χ1) is 29.9. The van der Waals surface area contributed by atoms with E-state index in [4.69, 9.17) is 4.42 Å². The number of nitrogens with zero attached hydrogens (tertiary/aromatic N) is 2. The van der Waals surface area contributed by atoms with Crippen LogP contribution in [0.25, 0.3) is 22.1 Å². The van der Waals surface area contributed by atoms with Gasteiger partial charge < -0.3 is 9.32 Å². The number of fused-ring (bicyclic) bond motifs is 7. The molecule has 3 nitrogen and oxygen atoms in total. The Morgan fingerprint density at radius 2 is 1.12 bits per heavy atom. The Labute approximate surface area is 381 Å². The quantitative estimate of drug-likeness (QED) is 0.165. The highest BCUT2D eigenvalue weighted by atomic mass is 19.1. The Morgan fingerprint density at radius 3 is 1.77 bits per heavy atom. The summed E-state index contributed by atoms with van der Waals surface area (Å²) in [6.45, 7) is 32.0. The normalized spacial score (nSPS) is 16.4. The van der Waals surface area contributed by atoms with Crippen molar-refractivity contribution in [3.8, 4) is 11.1 Å². The highest BCUT2D eigenvalue weighted by molar-refractivity contribution is 7.01. The molecule has 5 heteroatoms. The Hall–Kier alpha value is -5.55. The lowest BCUT2D eigenvalue weighted by atomic mass is 9.33. The molecule has 64 heavy (non-hydrogen) atoms. The third-order valence-corrected chi connectivity index (χ3v) is 14.9. The largest absolute Gasteiger partial charge is 0.440 e. The van der Waals surface area contributed by atoms with Crippen molar-refractivity contribution in [2.45, 2.75) is 137 Å². The van der Waals surface area contributed by atoms with Crippen LogP contribution in [0.1, 0.15) is 136 Å². The number of furan rings is 1. The van der Waals surface area contributed by atoms with E-state index in [1.54, 1.807) is 12.1 Å². The molecule has 7 aromatic rings. The maximum atomic E-state index is 17.0. The highest BCUT2D eigenvalue weighted by Crippen LogP contribution is 2.51. The molecule has 0 unspecified atom stereocenters. The second kappa shape index (κ2) is 14.0. The van der Waals surface area contributed by atoms with Crippen molar-refractivity contribution in [2.24, 2.45) is 0 Å². The topological polar surface area (TPSA) is 19.6 Å². The summed E-state index contributed by atoms with van der Waals surface area (Å²) in [5.41, 5.74) is 18.9. The van der Waals surface area contributed by atoms with Gasteiger partial charge in [0.1, 0.15) is 11.4 Å². The van der Waals surface area contributed by atoms with E-state index >= 15 is 4.39 Å². The van der Waals surface area contributed by atoms with Gasteiger partial charge in [0.25, 0.3) is 6.71 Å². The molecule has 1 aliphatic carbocycles. The molecule has 0 fully saturated rings. The third-order valence-electron chi connectivity index (χ3n) is 14.9. The summed E-state index contributed by atoms with van der Waals surface area (Å²) in [5.74, 6) is 0.457. The van der Waals surface area contributed by atoms with Crippen LogP contribution in [0.5, 0.6) is 0 Å². The predicted octanol–water partition coefficient (Wildman–Crippen LogP) is 14.9. The first kappa shape index (κ1) is 42.4. The fourth-order valence-electron chi connectivity index (χ4n) is 10.9. The van der Waals surface area contributed by atoms with Crippen molar-refractivity contribution in [1.82, 2.24) is 0 Å². The molecule has 2 aliphatic heterocycles. The van der Waals surface area contributed by atoms with Gasteiger partial charge in [0, 0.05) is 39.2 Å². The van der Waals surface area contributed by atoms with Gasteiger partial charge in [-0.1, -0.05) is 150 Å². The summed E-state index contributed by atoms with van der Waals surface area (Å²) in [4.78, 5) is 4.57. The van der Waals surface area contributed by atoms with Gasteiger partial charge in [-0.2, -0.15) is 0 Å². The maximum Gasteiger partial charge on any atom is 0.257 e. The van der Waals surface area contributed by atoms with Crippen molar-refractivity contribution in [3.63, 3.8) is 0 Å². The van der Waals surface area contributed by atoms with Crippen molar-refractivity contribution in [1.29, 1.82) is 0 Å². The molecule has 1 aromatic heterocycles. The van der Waals surface area contributed by atoms with E-state index < -0.39 is 0 Å². The van der Waals surface area contributed by atoms with Crippen LogP contribution >= 0.6 is 0 Å². The number of hydrogen-bond donors (Lipinski definition) is 0. The first-order valence-electron chi connectivity index (χ1n) is 23.4. The molecule has 0 saturated carbocycles. The predicted molar refractivity (Wildman–Crippen MR) is 272 cm³/mol. The summed E-state index contributed by atoms with van der Waals surface area (Å²) in [6.07, 6.45) is 2.30. The summed E-state index contributed by atoms with van der Waals surface area (Å²) in [5, 5.41) is 1.09. The molecule has 0 N–H and O–H groups in total. The molecule has 0 atom stereocenters. The van der Waals surface area contributed by atoms with Crippen LogP contribution in [-0.2, 0) is 27.1 Å². The molecule has 0 saturated heterocycles. The van der Waals surface area contributed by atoms with Gasteiger partial charge in [-0.25, -0.2) is 4.39 Å². The Bertz CT molecular complexity index is 3040. The average Bonchev–Trinajstić information content (AvgIpc) is 3.59. The SMILES string of the molecule is Cc1ccc2oc3c(c2c1)B1c2cc(C(C)(C)C)ccc2N(c2ccc(C(C)(C)C)cc2-c2ccc4c(c2)C(C)(C)CCC4(C)C)c2cc(F)cc(c21)N3c1ccc(C(C)(C)C)cc1. The zero-order valence-corrected chi connectivity index (χ0v) is 40.6. The van der Waals surface area contributed by atoms with Crippen molar-refractivity contribution >= 4 is 68.4 Å². The number of benzene rings is 6. The van der Waals surface area contributed by atoms with Gasteiger partial charge in [-0.3, -0.25) is 4.90 Å². The molecular weight excluding hydrogens is 782 g/mol. The number of halogens is 1. The van der Waals surface area contributed by atoms with Gasteiger partial charge in [-0.15, -0.1) is 0 Å². The third kappa shape index (κ3) is 6.66. The van der Waals surface area contributed by atoms with Crippen LogP contribution in [0.2, 0.25) is 0 Å². The minimum absolute atomic E-state index is 0.0230. The number of anilines is 6. The second-order valence-corrected chi connectivity index (χ2v) is 23.6. The molecule has 0 spiro atoms. The Kier molecular flexibility index (Phi) is 9.26. The summed E-state index contributed by atoms with van der Waals surface area (Å²) >= 11 is 0. The molecule has 326 valence electrons. The van der Waals surface area contributed by atoms with Crippen LogP contribution in [-0.4, -0.2) is 6.71 Å². The smallest absolute Gasteiger partial charge is 0.257 e. The molecular formula is C59H64BFN2O. The standard InChI is InChI=1S/C59H64BFN2O/c1-35-15-26-51-43(29-35)52-54(64-51)62(41-21-17-37(18-22-41)55(2,3)4)49-33-40(61)34-50-53(49)60(52)46-32-39(57(8,9)10)20-25-48(46)63(50)47-24-19-38(56(5,6)7)31-42(47)36-16-23-44-45(30-36)59(13,14)28-27-58(44,11)12/h15-26,29-34H,27-28H2,1-14H3. The van der Waals surface area contributed by atoms with E-state index in [2.05, 4.69) is 204 Å². The molecule has 10 rings (SSSR count). The fraction of sp³-hybridized carbons (Fsp3) is 0.356. The monoisotopic (exact) mass is 847 g/mol. The minimum atomic E-state index is -0.287. The molecule has 0 radical (unpaired) electrons. The summed E-state index contributed by atoms with van der Waals surface area (Å²) < 4.78 is 24.0. The van der Waals surface area contributed by atoms with Crippen LogP contribution in [0, 0.1) is 12.7 Å². The number of rotatable bonds is 3. The number of aryl methyl sites for hydroxylation is 1. The number of hydrogen-bond acceptors (Lipinski definition) is 3. The van der Waals surface area contributed by atoms with E-state index in [9.17, 15) is 0 Å². The molecule has 6 aromatic carbocycles. The maximum absolute atomic E-state index is 17.0. The highest BCUT2D eigenvalue weighted by Gasteiger charge is 2.47. The van der Waals surface area contributed by atoms with Crippen LogP contribution < -0.4 is 26.2 Å². The van der Waals surface area contributed by atoms with Crippen molar-refractivity contribution in [3.05, 3.63) is 148 Å². The average molecular weight is 847 g/mol. The van der Waals surface area contributed by atoms with E-state index in [1.165, 1.54) is 44.4 Å². The van der Waals surface area contributed by atoms with E-state index in [0.717, 1.165) is 74.6 Å². The van der Waals surface area contributed by atoms with Gasteiger partial charge in [0.05, 0.1) is 5.69 Å². The lowest BCUT2D eigenvalue weighted by molar-refractivity contribution is 0.332. The van der Waals surface area contributed by atoms with Gasteiger partial charge >= 0.3 is 0 Å². The van der Waals surface area contributed by atoms with Crippen LogP contribution in [0.4, 0.5) is 38.7 Å². The lowest BCUT2D eigenvalue weighted by Gasteiger charge is -2.44. The van der Waals surface area contributed by atoms with Gasteiger partial charge in [0.15, 0.2) is 0 Å². The van der Waals surface area contributed by atoms with Crippen LogP contribution in [0.3, 0.4) is 0 Å². The minimum Gasteiger partial charge on any atom is -0.440 e. The van der Waals surface area contributed by atoms with Gasteiger partial charge in [0.2, 0.25) is 5.88 Å². The molecule has 0 bridgehead atoms. The zero-order chi connectivity index (χ0) is 45.6. The van der Waals surface area contributed by atoms with Crippen molar-refractivity contribution < 1.29 is 8.81 Å². The Balaban J connectivity index is 1.31. The molecule has 0 amide bonds. The summed E-state index contributed by atoms with van der Waals surface area (Å²) in [6, 6.07) is 40.0. The van der Waals surface area contributed by atoms with E-state index in [0.29, 0.717) is 0 Å². The van der Waals surface area contributed by atoms with Crippen molar-refractivity contribution in [2.75, 3.05) is 9.80 Å². The zero-order valence-electron chi connectivity index (χ0n) is 40.6. The first-order valence-corrected chi connectivity index (χ1v) is 23.4.